The first-order valence-electron chi connectivity index (χ1n) is 13.5. The van der Waals surface area contributed by atoms with Crippen molar-refractivity contribution in [1.82, 2.24) is 9.88 Å². The molecule has 0 amide bonds. The van der Waals surface area contributed by atoms with E-state index in [1.54, 1.807) is 17.4 Å². The third-order valence-electron chi connectivity index (χ3n) is 6.19. The van der Waals surface area contributed by atoms with E-state index in [1.165, 1.54) is 6.08 Å². The first-order valence-corrected chi connectivity index (χ1v) is 14.4. The summed E-state index contributed by atoms with van der Waals surface area (Å²) in [6.07, 6.45) is 14.2. The number of allylic oxidation sites excluding steroid dienone is 6. The molecule has 0 aliphatic carbocycles. The van der Waals surface area contributed by atoms with E-state index in [4.69, 9.17) is 20.2 Å². The fourth-order valence-electron chi connectivity index (χ4n) is 4.15. The molecule has 2 bridgehead atoms. The van der Waals surface area contributed by atoms with Crippen LogP contribution in [-0.2, 0) is 25.5 Å². The second kappa shape index (κ2) is 16.3. The number of carbonyl (C=O) groups excluding carboxylic acids is 2. The van der Waals surface area contributed by atoms with E-state index in [2.05, 4.69) is 30.9 Å². The van der Waals surface area contributed by atoms with E-state index in [1.807, 2.05) is 58.5 Å². The first kappa shape index (κ1) is 32.4. The quantitative estimate of drug-likeness (QED) is 0.370. The highest BCUT2D eigenvalue weighted by Crippen LogP contribution is 2.25. The molecule has 4 atom stereocenters. The summed E-state index contributed by atoms with van der Waals surface area (Å²) in [4.78, 5) is 32.0. The van der Waals surface area contributed by atoms with Crippen LogP contribution in [0.3, 0.4) is 0 Å². The van der Waals surface area contributed by atoms with Crippen LogP contribution in [0, 0.1) is 0 Å². The molecule has 0 spiro atoms. The number of hydrogen-bond acceptors (Lipinski definition) is 8. The summed E-state index contributed by atoms with van der Waals surface area (Å²) in [5, 5.41) is 2.90. The van der Waals surface area contributed by atoms with Crippen LogP contribution in [-0.4, -0.2) is 60.7 Å². The largest absolute Gasteiger partial charge is 0.462 e. The third kappa shape index (κ3) is 13.2. The fraction of sp³-hybridized carbons (Fsp3) is 0.516. The number of nitrogens with zero attached hydrogens (tertiary/aromatic N) is 2. The predicted octanol–water partition coefficient (Wildman–Crippen LogP) is 5.66. The van der Waals surface area contributed by atoms with E-state index in [-0.39, 0.29) is 30.5 Å². The summed E-state index contributed by atoms with van der Waals surface area (Å²) < 4.78 is 11.4. The average molecular weight is 556 g/mol. The number of rotatable bonds is 5. The van der Waals surface area contributed by atoms with Crippen molar-refractivity contribution in [3.8, 4) is 0 Å². The highest BCUT2D eigenvalue weighted by molar-refractivity contribution is 7.09. The van der Waals surface area contributed by atoms with E-state index >= 15 is 0 Å². The summed E-state index contributed by atoms with van der Waals surface area (Å²) in [6.45, 7) is 10.8. The van der Waals surface area contributed by atoms with Gasteiger partial charge in [0.05, 0.1) is 17.1 Å². The molecule has 1 aliphatic rings. The van der Waals surface area contributed by atoms with Gasteiger partial charge in [0.2, 0.25) is 0 Å². The summed E-state index contributed by atoms with van der Waals surface area (Å²) in [6, 6.07) is -0.312. The minimum absolute atomic E-state index is 0.0866. The van der Waals surface area contributed by atoms with Crippen molar-refractivity contribution in [2.24, 2.45) is 5.73 Å². The number of hydrogen-bond donors (Lipinski definition) is 1. The van der Waals surface area contributed by atoms with Gasteiger partial charge in [0.1, 0.15) is 12.2 Å². The van der Waals surface area contributed by atoms with Crippen LogP contribution in [0.15, 0.2) is 64.6 Å². The number of ether oxygens (including phenoxy) is 2. The molecule has 0 fully saturated rings. The van der Waals surface area contributed by atoms with Crippen molar-refractivity contribution in [3.63, 3.8) is 0 Å². The Balaban J connectivity index is 2.30. The molecule has 8 heteroatoms. The number of esters is 2. The second-order valence-electron chi connectivity index (χ2n) is 10.8. The Morgan fingerprint density at radius 1 is 1.13 bits per heavy atom. The van der Waals surface area contributed by atoms with Crippen molar-refractivity contribution in [1.29, 1.82) is 0 Å². The summed E-state index contributed by atoms with van der Waals surface area (Å²) in [5.41, 5.74) is 10.4. The number of thiazole rings is 1. The number of fused-ring (bicyclic) bond motifs is 2. The zero-order valence-electron chi connectivity index (χ0n) is 24.5. The van der Waals surface area contributed by atoms with Gasteiger partial charge < -0.3 is 20.1 Å². The van der Waals surface area contributed by atoms with Crippen molar-refractivity contribution in [3.05, 3.63) is 75.3 Å². The summed E-state index contributed by atoms with van der Waals surface area (Å²) >= 11 is 1.54. The van der Waals surface area contributed by atoms with Crippen molar-refractivity contribution < 1.29 is 19.1 Å². The van der Waals surface area contributed by atoms with Crippen molar-refractivity contribution in [2.75, 3.05) is 20.6 Å². The lowest BCUT2D eigenvalue weighted by Gasteiger charge is -2.18. The SMILES string of the molecule is C/C1=C/C=C\C(=O)OC(/C=C(C)/C=C/C(C)=C/CN(C)C)Cc2nc(cs2)C(C)CC(N)CC(=O)OC(C)C1. The number of cyclic esters (lactones) is 2. The van der Waals surface area contributed by atoms with Gasteiger partial charge in [-0.25, -0.2) is 9.78 Å². The van der Waals surface area contributed by atoms with Crippen LogP contribution in [0.2, 0.25) is 0 Å². The Morgan fingerprint density at radius 3 is 2.56 bits per heavy atom. The molecule has 2 N–H and O–H groups in total. The van der Waals surface area contributed by atoms with Crippen molar-refractivity contribution in [2.45, 2.75) is 84.5 Å². The number of carbonyl (C=O) groups is 2. The molecule has 0 aromatic carbocycles. The van der Waals surface area contributed by atoms with Gasteiger partial charge in [-0.3, -0.25) is 4.79 Å². The molecule has 7 nitrogen and oxygen atoms in total. The van der Waals surface area contributed by atoms with E-state index in [0.29, 0.717) is 19.3 Å². The van der Waals surface area contributed by atoms with Crippen LogP contribution < -0.4 is 5.73 Å². The van der Waals surface area contributed by atoms with Gasteiger partial charge in [-0.2, -0.15) is 0 Å². The highest BCUT2D eigenvalue weighted by Gasteiger charge is 2.20. The Labute approximate surface area is 238 Å². The predicted molar refractivity (Wildman–Crippen MR) is 160 cm³/mol. The fourth-order valence-corrected chi connectivity index (χ4v) is 5.11. The summed E-state index contributed by atoms with van der Waals surface area (Å²) in [7, 11) is 4.07. The number of nitrogens with two attached hydrogens (primary N) is 1. The van der Waals surface area contributed by atoms with Crippen LogP contribution >= 0.6 is 11.3 Å². The van der Waals surface area contributed by atoms with Crippen LogP contribution in [0.1, 0.15) is 70.5 Å². The highest BCUT2D eigenvalue weighted by atomic mass is 32.1. The third-order valence-corrected chi connectivity index (χ3v) is 7.08. The maximum Gasteiger partial charge on any atom is 0.331 e. The number of likely N-dealkylation sites (N-methyl/N-ethyl adjacent to an activating group) is 1. The topological polar surface area (TPSA) is 94.8 Å². The van der Waals surface area contributed by atoms with Crippen LogP contribution in [0.5, 0.6) is 0 Å². The van der Waals surface area contributed by atoms with E-state index in [0.717, 1.165) is 34.0 Å². The molecule has 1 aromatic heterocycles. The molecular weight excluding hydrogens is 510 g/mol. The molecule has 0 saturated heterocycles. The summed E-state index contributed by atoms with van der Waals surface area (Å²) in [5.74, 6) is -0.635. The lowest BCUT2D eigenvalue weighted by molar-refractivity contribution is -0.148. The standard InChI is InChI=1S/C31H45N3O4S/c1-21(13-14-34(6)7)11-12-23(3)16-27-19-29-33-28(20-39-29)24(4)17-26(32)18-31(36)37-25(5)15-22(2)9-8-10-30(35)38-27/h8-13,16,20,24-27H,14-15,17-19,32H2,1-7H3/b10-8-,12-11+,21-13+,22-9-,23-16+. The van der Waals surface area contributed by atoms with Gasteiger partial charge in [-0.1, -0.05) is 54.0 Å². The molecule has 4 unspecified atom stereocenters. The molecule has 214 valence electrons. The normalized spacial score (nSPS) is 27.3. The van der Waals surface area contributed by atoms with Gasteiger partial charge in [-0.05, 0) is 54.3 Å². The van der Waals surface area contributed by atoms with Gasteiger partial charge in [0.15, 0.2) is 0 Å². The van der Waals surface area contributed by atoms with E-state index < -0.39 is 12.1 Å². The Morgan fingerprint density at radius 2 is 1.85 bits per heavy atom. The molecule has 2 rings (SSSR count). The second-order valence-corrected chi connectivity index (χ2v) is 11.7. The Hall–Kier alpha value is -2.81. The zero-order valence-corrected chi connectivity index (χ0v) is 25.3. The minimum Gasteiger partial charge on any atom is -0.462 e. The molecule has 39 heavy (non-hydrogen) atoms. The molecule has 1 aliphatic heterocycles. The average Bonchev–Trinajstić information content (AvgIpc) is 3.29. The number of aromatic nitrogens is 1. The lowest BCUT2D eigenvalue weighted by Crippen LogP contribution is -2.28. The monoisotopic (exact) mass is 555 g/mol. The molecule has 2 heterocycles. The van der Waals surface area contributed by atoms with Gasteiger partial charge in [-0.15, -0.1) is 11.3 Å². The Bertz CT molecular complexity index is 1110. The molecular formula is C31H45N3O4S. The van der Waals surface area contributed by atoms with Gasteiger partial charge in [0.25, 0.3) is 0 Å². The van der Waals surface area contributed by atoms with Crippen molar-refractivity contribution >= 4 is 23.3 Å². The van der Waals surface area contributed by atoms with Crippen LogP contribution in [0.25, 0.3) is 0 Å². The Kier molecular flexibility index (Phi) is 13.6. The minimum atomic E-state index is -0.465. The molecule has 0 radical (unpaired) electrons. The zero-order chi connectivity index (χ0) is 28.9. The van der Waals surface area contributed by atoms with E-state index in [9.17, 15) is 9.59 Å². The molecule has 1 aromatic rings. The van der Waals surface area contributed by atoms with Gasteiger partial charge >= 0.3 is 11.9 Å². The molecule has 0 saturated carbocycles. The van der Waals surface area contributed by atoms with Crippen LogP contribution in [0.4, 0.5) is 0 Å². The maximum atomic E-state index is 12.7. The smallest absolute Gasteiger partial charge is 0.331 e. The first-order chi connectivity index (χ1) is 18.4. The maximum absolute atomic E-state index is 12.7. The van der Waals surface area contributed by atoms with Gasteiger partial charge in [0, 0.05) is 42.8 Å². The lowest BCUT2D eigenvalue weighted by atomic mass is 9.98.